The SMILES string of the molecule is O=C(Cc1ccc(I)cc1)c1ccc(Br)c(Cl)c1. The van der Waals surface area contributed by atoms with Crippen molar-refractivity contribution in [3.8, 4) is 0 Å². The standard InChI is InChI=1S/C14H9BrClIO/c15-12-6-3-10(8-13(12)16)14(18)7-9-1-4-11(17)5-2-9/h1-6,8H,7H2. The van der Waals surface area contributed by atoms with Gasteiger partial charge in [0.05, 0.1) is 5.02 Å². The van der Waals surface area contributed by atoms with Gasteiger partial charge in [-0.15, -0.1) is 0 Å². The van der Waals surface area contributed by atoms with Crippen LogP contribution in [0.4, 0.5) is 0 Å². The molecule has 0 atom stereocenters. The predicted octanol–water partition coefficient (Wildman–Crippen LogP) is 5.13. The monoisotopic (exact) mass is 434 g/mol. The second-order valence-electron chi connectivity index (χ2n) is 3.86. The molecular weight excluding hydrogens is 426 g/mol. The molecule has 0 aliphatic carbocycles. The number of hydrogen-bond acceptors (Lipinski definition) is 1. The Labute approximate surface area is 133 Å². The molecule has 92 valence electrons. The fraction of sp³-hybridized carbons (Fsp3) is 0.0714. The lowest BCUT2D eigenvalue weighted by Crippen LogP contribution is -2.03. The fourth-order valence-electron chi connectivity index (χ4n) is 1.56. The van der Waals surface area contributed by atoms with Crippen molar-refractivity contribution in [2.45, 2.75) is 6.42 Å². The summed E-state index contributed by atoms with van der Waals surface area (Å²) in [6, 6.07) is 13.2. The zero-order valence-electron chi connectivity index (χ0n) is 9.29. The van der Waals surface area contributed by atoms with E-state index >= 15 is 0 Å². The summed E-state index contributed by atoms with van der Waals surface area (Å²) in [4.78, 5) is 12.1. The molecule has 2 aromatic carbocycles. The van der Waals surface area contributed by atoms with Crippen molar-refractivity contribution < 1.29 is 4.79 Å². The number of carbonyl (C=O) groups is 1. The van der Waals surface area contributed by atoms with E-state index in [1.54, 1.807) is 18.2 Å². The van der Waals surface area contributed by atoms with Crippen LogP contribution in [0.3, 0.4) is 0 Å². The van der Waals surface area contributed by atoms with Crippen molar-refractivity contribution in [3.05, 3.63) is 66.7 Å². The Bertz CT molecular complexity index is 581. The summed E-state index contributed by atoms with van der Waals surface area (Å²) in [6.07, 6.45) is 0.398. The topological polar surface area (TPSA) is 17.1 Å². The van der Waals surface area contributed by atoms with Crippen molar-refractivity contribution in [2.75, 3.05) is 0 Å². The zero-order chi connectivity index (χ0) is 13.1. The van der Waals surface area contributed by atoms with Crippen molar-refractivity contribution in [3.63, 3.8) is 0 Å². The molecule has 0 heterocycles. The molecule has 0 saturated heterocycles. The Morgan fingerprint density at radius 3 is 2.44 bits per heavy atom. The highest BCUT2D eigenvalue weighted by molar-refractivity contribution is 14.1. The van der Waals surface area contributed by atoms with Gasteiger partial charge in [-0.1, -0.05) is 29.8 Å². The van der Waals surface area contributed by atoms with Crippen LogP contribution in [0.15, 0.2) is 46.9 Å². The van der Waals surface area contributed by atoms with Crippen LogP contribution in [-0.4, -0.2) is 5.78 Å². The quantitative estimate of drug-likeness (QED) is 0.482. The second kappa shape index (κ2) is 6.17. The maximum atomic E-state index is 12.1. The van der Waals surface area contributed by atoms with Crippen LogP contribution in [-0.2, 0) is 6.42 Å². The molecule has 0 radical (unpaired) electrons. The first-order chi connectivity index (χ1) is 8.56. The number of benzene rings is 2. The van der Waals surface area contributed by atoms with Gasteiger partial charge in [-0.2, -0.15) is 0 Å². The maximum Gasteiger partial charge on any atom is 0.167 e. The summed E-state index contributed by atoms with van der Waals surface area (Å²) < 4.78 is 1.96. The molecule has 2 aromatic rings. The average Bonchev–Trinajstić information content (AvgIpc) is 2.35. The minimum absolute atomic E-state index is 0.0746. The van der Waals surface area contributed by atoms with Gasteiger partial charge in [-0.25, -0.2) is 0 Å². The number of halogens is 3. The molecule has 0 bridgehead atoms. The summed E-state index contributed by atoms with van der Waals surface area (Å²) >= 11 is 11.5. The summed E-state index contributed by atoms with van der Waals surface area (Å²) in [6.45, 7) is 0. The van der Waals surface area contributed by atoms with E-state index in [0.29, 0.717) is 17.0 Å². The second-order valence-corrected chi connectivity index (χ2v) is 6.36. The number of hydrogen-bond donors (Lipinski definition) is 0. The summed E-state index contributed by atoms with van der Waals surface area (Å²) in [5, 5.41) is 0.559. The average molecular weight is 435 g/mol. The first kappa shape index (κ1) is 14.0. The third-order valence-electron chi connectivity index (χ3n) is 2.52. The highest BCUT2D eigenvalue weighted by atomic mass is 127. The Morgan fingerprint density at radius 1 is 1.17 bits per heavy atom. The van der Waals surface area contributed by atoms with Crippen LogP contribution in [0.2, 0.25) is 5.02 Å². The maximum absolute atomic E-state index is 12.1. The zero-order valence-corrected chi connectivity index (χ0v) is 13.8. The number of carbonyl (C=O) groups excluding carboxylic acids is 1. The normalized spacial score (nSPS) is 10.4. The van der Waals surface area contributed by atoms with Gasteiger partial charge < -0.3 is 0 Å². The summed E-state index contributed by atoms with van der Waals surface area (Å²) in [7, 11) is 0. The molecular formula is C14H9BrClIO. The lowest BCUT2D eigenvalue weighted by atomic mass is 10.0. The molecule has 0 spiro atoms. The molecule has 2 rings (SSSR count). The highest BCUT2D eigenvalue weighted by Crippen LogP contribution is 2.24. The van der Waals surface area contributed by atoms with Crippen LogP contribution >= 0.6 is 50.1 Å². The van der Waals surface area contributed by atoms with Gasteiger partial charge in [-0.05, 0) is 68.3 Å². The van der Waals surface area contributed by atoms with Crippen LogP contribution < -0.4 is 0 Å². The van der Waals surface area contributed by atoms with Gasteiger partial charge in [-0.3, -0.25) is 4.79 Å². The first-order valence-electron chi connectivity index (χ1n) is 5.29. The van der Waals surface area contributed by atoms with E-state index in [0.717, 1.165) is 13.6 Å². The van der Waals surface area contributed by atoms with E-state index in [-0.39, 0.29) is 5.78 Å². The summed E-state index contributed by atoms with van der Waals surface area (Å²) in [5.74, 6) is 0.0746. The highest BCUT2D eigenvalue weighted by Gasteiger charge is 2.09. The molecule has 0 unspecified atom stereocenters. The molecule has 0 amide bonds. The fourth-order valence-corrected chi connectivity index (χ4v) is 2.35. The smallest absolute Gasteiger partial charge is 0.167 e. The van der Waals surface area contributed by atoms with Crippen LogP contribution in [0.5, 0.6) is 0 Å². The lowest BCUT2D eigenvalue weighted by molar-refractivity contribution is 0.0993. The van der Waals surface area contributed by atoms with Crippen LogP contribution in [0.25, 0.3) is 0 Å². The number of rotatable bonds is 3. The third kappa shape index (κ3) is 3.56. The van der Waals surface area contributed by atoms with E-state index < -0.39 is 0 Å². The van der Waals surface area contributed by atoms with E-state index in [9.17, 15) is 4.79 Å². The van der Waals surface area contributed by atoms with Crippen molar-refractivity contribution >= 4 is 55.9 Å². The Kier molecular flexibility index (Phi) is 4.81. The van der Waals surface area contributed by atoms with E-state index in [1.807, 2.05) is 24.3 Å². The molecule has 0 N–H and O–H groups in total. The Morgan fingerprint density at radius 2 is 1.83 bits per heavy atom. The molecule has 0 saturated carbocycles. The molecule has 0 aliphatic heterocycles. The van der Waals surface area contributed by atoms with Gasteiger partial charge >= 0.3 is 0 Å². The molecule has 0 aliphatic rings. The number of ketones is 1. The van der Waals surface area contributed by atoms with Gasteiger partial charge in [0.2, 0.25) is 0 Å². The molecule has 0 aromatic heterocycles. The van der Waals surface area contributed by atoms with Crippen molar-refractivity contribution in [2.24, 2.45) is 0 Å². The van der Waals surface area contributed by atoms with Gasteiger partial charge in [0, 0.05) is 20.0 Å². The van der Waals surface area contributed by atoms with E-state index in [2.05, 4.69) is 38.5 Å². The molecule has 18 heavy (non-hydrogen) atoms. The van der Waals surface area contributed by atoms with Crippen LogP contribution in [0, 0.1) is 3.57 Å². The van der Waals surface area contributed by atoms with Crippen molar-refractivity contribution in [1.82, 2.24) is 0 Å². The van der Waals surface area contributed by atoms with Crippen LogP contribution in [0.1, 0.15) is 15.9 Å². The third-order valence-corrected chi connectivity index (χ3v) is 4.47. The van der Waals surface area contributed by atoms with Gasteiger partial charge in [0.25, 0.3) is 0 Å². The first-order valence-corrected chi connectivity index (χ1v) is 7.54. The molecule has 0 fully saturated rings. The van der Waals surface area contributed by atoms with Gasteiger partial charge in [0.15, 0.2) is 5.78 Å². The van der Waals surface area contributed by atoms with E-state index in [4.69, 9.17) is 11.6 Å². The molecule has 1 nitrogen and oxygen atoms in total. The minimum atomic E-state index is 0.0746. The summed E-state index contributed by atoms with van der Waals surface area (Å²) in [5.41, 5.74) is 1.65. The largest absolute Gasteiger partial charge is 0.294 e. The minimum Gasteiger partial charge on any atom is -0.294 e. The van der Waals surface area contributed by atoms with Gasteiger partial charge in [0.1, 0.15) is 0 Å². The Balaban J connectivity index is 2.16. The predicted molar refractivity (Wildman–Crippen MR) is 86.3 cm³/mol. The van der Waals surface area contributed by atoms with E-state index in [1.165, 1.54) is 0 Å². The Hall–Kier alpha value is -0.390. The number of Topliss-reactive ketones (excluding diaryl/α,β-unsaturated/α-hetero) is 1. The van der Waals surface area contributed by atoms with Crippen molar-refractivity contribution in [1.29, 1.82) is 0 Å². The lowest BCUT2D eigenvalue weighted by Gasteiger charge is -2.03. The molecule has 4 heteroatoms.